The number of rotatable bonds is 2. The zero-order valence-electron chi connectivity index (χ0n) is 10.3. The molecule has 0 aliphatic carbocycles. The maximum atomic E-state index is 13.2. The summed E-state index contributed by atoms with van der Waals surface area (Å²) in [7, 11) is 1.57. The minimum Gasteiger partial charge on any atom is -0.380 e. The second-order valence-corrected chi connectivity index (χ2v) is 4.65. The summed E-state index contributed by atoms with van der Waals surface area (Å²) in [5.41, 5.74) is -0.0787. The average Bonchev–Trinajstić information content (AvgIpc) is 2.84. The van der Waals surface area contributed by atoms with Gasteiger partial charge in [0.05, 0.1) is 11.8 Å². The molecule has 0 aromatic heterocycles. The molecule has 0 radical (unpaired) electrons. The smallest absolute Gasteiger partial charge is 0.321 e. The van der Waals surface area contributed by atoms with Crippen molar-refractivity contribution in [2.75, 3.05) is 25.5 Å². The highest BCUT2D eigenvalue weighted by Gasteiger charge is 2.26. The Hall–Kier alpha value is -1.40. The van der Waals surface area contributed by atoms with E-state index in [9.17, 15) is 13.6 Å². The first-order valence-electron chi connectivity index (χ1n) is 5.74. The maximum Gasteiger partial charge on any atom is 0.321 e. The molecule has 4 nitrogen and oxygen atoms in total. The van der Waals surface area contributed by atoms with Crippen molar-refractivity contribution in [3.05, 3.63) is 28.8 Å². The summed E-state index contributed by atoms with van der Waals surface area (Å²) in [6.45, 7) is 0.970. The Morgan fingerprint density at radius 2 is 2.26 bits per heavy atom. The van der Waals surface area contributed by atoms with Crippen LogP contribution in [0.2, 0.25) is 5.02 Å². The second kappa shape index (κ2) is 5.71. The molecule has 1 aliphatic heterocycles. The van der Waals surface area contributed by atoms with Crippen LogP contribution in [0.25, 0.3) is 0 Å². The molecule has 1 atom stereocenters. The second-order valence-electron chi connectivity index (χ2n) is 4.27. The van der Waals surface area contributed by atoms with E-state index in [1.165, 1.54) is 4.90 Å². The van der Waals surface area contributed by atoms with Crippen LogP contribution in [-0.2, 0) is 4.74 Å². The number of ether oxygens (including phenoxy) is 1. The van der Waals surface area contributed by atoms with Gasteiger partial charge in [-0.1, -0.05) is 11.6 Å². The molecule has 1 N–H and O–H groups in total. The first kappa shape index (κ1) is 14.0. The fraction of sp³-hybridized carbons (Fsp3) is 0.417. The monoisotopic (exact) mass is 290 g/mol. The standard InChI is InChI=1S/C12H13ClF2N2O2/c1-19-8-2-3-17(6-8)12(18)16-10-5-7(14)4-9(15)11(10)13/h4-5,8H,2-3,6H2,1H3,(H,16,18). The van der Waals surface area contributed by atoms with Gasteiger partial charge in [0.15, 0.2) is 0 Å². The summed E-state index contributed by atoms with van der Waals surface area (Å²) in [6, 6.07) is 1.19. The van der Waals surface area contributed by atoms with Gasteiger partial charge in [-0.3, -0.25) is 0 Å². The van der Waals surface area contributed by atoms with Gasteiger partial charge in [-0.05, 0) is 12.5 Å². The van der Waals surface area contributed by atoms with Gasteiger partial charge in [0.25, 0.3) is 0 Å². The van der Waals surface area contributed by atoms with Crippen LogP contribution in [-0.4, -0.2) is 37.2 Å². The third kappa shape index (κ3) is 3.13. The SMILES string of the molecule is COC1CCN(C(=O)Nc2cc(F)cc(F)c2Cl)C1. The van der Waals surface area contributed by atoms with Crippen molar-refractivity contribution in [1.29, 1.82) is 0 Å². The molecule has 19 heavy (non-hydrogen) atoms. The molecule has 2 rings (SSSR count). The van der Waals surface area contributed by atoms with E-state index in [4.69, 9.17) is 16.3 Å². The fourth-order valence-electron chi connectivity index (χ4n) is 1.95. The Balaban J connectivity index is 2.07. The quantitative estimate of drug-likeness (QED) is 0.851. The van der Waals surface area contributed by atoms with Gasteiger partial charge in [0.1, 0.15) is 16.7 Å². The van der Waals surface area contributed by atoms with Crippen molar-refractivity contribution in [2.45, 2.75) is 12.5 Å². The van der Waals surface area contributed by atoms with Crippen molar-refractivity contribution >= 4 is 23.3 Å². The number of likely N-dealkylation sites (tertiary alicyclic amines) is 1. The molecule has 1 aliphatic rings. The molecule has 104 valence electrons. The summed E-state index contributed by atoms with van der Waals surface area (Å²) in [5.74, 6) is -1.71. The first-order valence-corrected chi connectivity index (χ1v) is 6.12. The number of nitrogens with zero attached hydrogens (tertiary/aromatic N) is 1. The van der Waals surface area contributed by atoms with Crippen molar-refractivity contribution in [3.8, 4) is 0 Å². The predicted octanol–water partition coefficient (Wildman–Crippen LogP) is 2.87. The molecule has 2 amide bonds. The van der Waals surface area contributed by atoms with Crippen LogP contribution in [0.1, 0.15) is 6.42 Å². The highest BCUT2D eigenvalue weighted by Crippen LogP contribution is 2.27. The van der Waals surface area contributed by atoms with Gasteiger partial charge in [-0.15, -0.1) is 0 Å². The van der Waals surface area contributed by atoms with E-state index >= 15 is 0 Å². The van der Waals surface area contributed by atoms with E-state index < -0.39 is 17.7 Å². The van der Waals surface area contributed by atoms with Gasteiger partial charge in [-0.25, -0.2) is 13.6 Å². The topological polar surface area (TPSA) is 41.6 Å². The summed E-state index contributed by atoms with van der Waals surface area (Å²) in [4.78, 5) is 13.4. The molecule has 0 bridgehead atoms. The normalized spacial score (nSPS) is 18.7. The number of halogens is 3. The Morgan fingerprint density at radius 1 is 1.53 bits per heavy atom. The molecule has 7 heteroatoms. The van der Waals surface area contributed by atoms with E-state index in [-0.39, 0.29) is 16.8 Å². The summed E-state index contributed by atoms with van der Waals surface area (Å²) in [5, 5.41) is 2.09. The number of hydrogen-bond acceptors (Lipinski definition) is 2. The van der Waals surface area contributed by atoms with E-state index in [1.807, 2.05) is 0 Å². The van der Waals surface area contributed by atoms with Gasteiger partial charge < -0.3 is 15.0 Å². The fourth-order valence-corrected chi connectivity index (χ4v) is 2.10. The Morgan fingerprint density at radius 3 is 2.89 bits per heavy atom. The van der Waals surface area contributed by atoms with Gasteiger partial charge in [0.2, 0.25) is 0 Å². The highest BCUT2D eigenvalue weighted by atomic mass is 35.5. The number of hydrogen-bond donors (Lipinski definition) is 1. The third-order valence-electron chi connectivity index (χ3n) is 3.00. The van der Waals surface area contributed by atoms with Crippen LogP contribution < -0.4 is 5.32 Å². The lowest BCUT2D eigenvalue weighted by Gasteiger charge is -2.17. The van der Waals surface area contributed by atoms with Crippen molar-refractivity contribution in [1.82, 2.24) is 4.90 Å². The largest absolute Gasteiger partial charge is 0.380 e. The van der Waals surface area contributed by atoms with Gasteiger partial charge >= 0.3 is 6.03 Å². The average molecular weight is 291 g/mol. The Bertz CT molecular complexity index is 499. The number of urea groups is 1. The summed E-state index contributed by atoms with van der Waals surface area (Å²) in [6.07, 6.45) is 0.722. The Labute approximate surface area is 114 Å². The van der Waals surface area contributed by atoms with E-state index in [1.54, 1.807) is 7.11 Å². The summed E-state index contributed by atoms with van der Waals surface area (Å²) >= 11 is 5.67. The minimum absolute atomic E-state index is 0.00883. The zero-order valence-corrected chi connectivity index (χ0v) is 11.0. The number of carbonyl (C=O) groups excluding carboxylic acids is 1. The van der Waals surface area contributed by atoms with E-state index in [2.05, 4.69) is 5.32 Å². The lowest BCUT2D eigenvalue weighted by Crippen LogP contribution is -2.34. The van der Waals surface area contributed by atoms with E-state index in [0.717, 1.165) is 12.5 Å². The molecule has 1 aromatic carbocycles. The number of nitrogens with one attached hydrogen (secondary N) is 1. The first-order chi connectivity index (χ1) is 9.01. The molecular weight excluding hydrogens is 278 g/mol. The van der Waals surface area contributed by atoms with Crippen LogP contribution >= 0.6 is 11.6 Å². The number of benzene rings is 1. The van der Waals surface area contributed by atoms with Crippen LogP contribution in [0.3, 0.4) is 0 Å². The molecule has 1 saturated heterocycles. The van der Waals surface area contributed by atoms with Crippen LogP contribution in [0.15, 0.2) is 12.1 Å². The van der Waals surface area contributed by atoms with E-state index in [0.29, 0.717) is 19.2 Å². The maximum absolute atomic E-state index is 13.2. The van der Waals surface area contributed by atoms with Crippen LogP contribution in [0.4, 0.5) is 19.3 Å². The molecular formula is C12H13ClF2N2O2. The van der Waals surface area contributed by atoms with Crippen molar-refractivity contribution < 1.29 is 18.3 Å². The minimum atomic E-state index is -0.909. The van der Waals surface area contributed by atoms with Crippen LogP contribution in [0.5, 0.6) is 0 Å². The predicted molar refractivity (Wildman–Crippen MR) is 67.4 cm³/mol. The number of methoxy groups -OCH3 is 1. The lowest BCUT2D eigenvalue weighted by atomic mass is 10.3. The molecule has 0 saturated carbocycles. The van der Waals surface area contributed by atoms with Crippen molar-refractivity contribution in [2.24, 2.45) is 0 Å². The molecule has 1 aromatic rings. The molecule has 1 heterocycles. The number of anilines is 1. The molecule has 1 fully saturated rings. The molecule has 1 unspecified atom stereocenters. The Kier molecular flexibility index (Phi) is 4.21. The van der Waals surface area contributed by atoms with Gasteiger partial charge in [-0.2, -0.15) is 0 Å². The van der Waals surface area contributed by atoms with Crippen LogP contribution in [0, 0.1) is 11.6 Å². The van der Waals surface area contributed by atoms with Gasteiger partial charge in [0, 0.05) is 26.3 Å². The number of carbonyl (C=O) groups is 1. The zero-order chi connectivity index (χ0) is 14.0. The third-order valence-corrected chi connectivity index (χ3v) is 3.38. The van der Waals surface area contributed by atoms with Crippen molar-refractivity contribution in [3.63, 3.8) is 0 Å². The summed E-state index contributed by atoms with van der Waals surface area (Å²) < 4.78 is 31.4. The highest BCUT2D eigenvalue weighted by molar-refractivity contribution is 6.33. The lowest BCUT2D eigenvalue weighted by molar-refractivity contribution is 0.111. The molecule has 0 spiro atoms. The number of amides is 2.